The first-order valence-electron chi connectivity index (χ1n) is 5.19. The zero-order chi connectivity index (χ0) is 12.3. The lowest BCUT2D eigenvalue weighted by atomic mass is 9.86. The van der Waals surface area contributed by atoms with Crippen LogP contribution in [0, 0.1) is 5.41 Å². The Morgan fingerprint density at radius 1 is 1.20 bits per heavy atom. The maximum absolute atomic E-state index is 5.88. The first-order chi connectivity index (χ1) is 6.58. The Kier molecular flexibility index (Phi) is 4.65. The van der Waals surface area contributed by atoms with Crippen LogP contribution in [0.15, 0.2) is 24.2 Å². The molecule has 0 rings (SSSR count). The third-order valence-electron chi connectivity index (χ3n) is 1.77. The highest BCUT2D eigenvalue weighted by molar-refractivity contribution is 6.70. The molecule has 2 nitrogen and oxygen atoms in total. The highest BCUT2D eigenvalue weighted by Crippen LogP contribution is 2.32. The Hall–Kier alpha value is -0.703. The molecule has 0 heterocycles. The Balaban J connectivity index is 4.83. The van der Waals surface area contributed by atoms with E-state index in [2.05, 4.69) is 47.0 Å². The minimum absolute atomic E-state index is 0.00720. The van der Waals surface area contributed by atoms with Crippen LogP contribution < -0.4 is 0 Å². The number of rotatable bonds is 4. The maximum atomic E-state index is 5.88. The number of hydrogen-bond donors (Lipinski definition) is 0. The normalized spacial score (nSPS) is 13.7. The van der Waals surface area contributed by atoms with Crippen LogP contribution in [-0.4, -0.2) is 15.4 Å². The first kappa shape index (κ1) is 14.3. The van der Waals surface area contributed by atoms with E-state index >= 15 is 0 Å². The average Bonchev–Trinajstić information content (AvgIpc) is 1.93. The lowest BCUT2D eigenvalue weighted by Crippen LogP contribution is -2.27. The van der Waals surface area contributed by atoms with Crippen LogP contribution >= 0.6 is 0 Å². The van der Waals surface area contributed by atoms with Crippen LogP contribution in [0.4, 0.5) is 0 Å². The lowest BCUT2D eigenvalue weighted by molar-refractivity contribution is 0.310. The van der Waals surface area contributed by atoms with E-state index in [1.165, 1.54) is 0 Å². The zero-order valence-electron chi connectivity index (χ0n) is 11.1. The van der Waals surface area contributed by atoms with Crippen LogP contribution in [0.25, 0.3) is 0 Å². The second kappa shape index (κ2) is 4.88. The predicted octanol–water partition coefficient (Wildman–Crippen LogP) is 3.93. The molecule has 0 unspecified atom stereocenters. The summed E-state index contributed by atoms with van der Waals surface area (Å²) >= 11 is 0. The molecule has 0 amide bonds. The number of hydrogen-bond acceptors (Lipinski definition) is 2. The van der Waals surface area contributed by atoms with Crippen molar-refractivity contribution < 1.29 is 9.16 Å². The second-order valence-corrected chi connectivity index (χ2v) is 10.1. The van der Waals surface area contributed by atoms with Crippen molar-refractivity contribution in [1.29, 1.82) is 0 Å². The summed E-state index contributed by atoms with van der Waals surface area (Å²) in [5.41, 5.74) is 1.01. The van der Waals surface area contributed by atoms with Gasteiger partial charge in [0.05, 0.1) is 13.4 Å². The van der Waals surface area contributed by atoms with Crippen molar-refractivity contribution in [2.75, 3.05) is 7.11 Å². The molecule has 0 aromatic carbocycles. The summed E-state index contributed by atoms with van der Waals surface area (Å²) in [6.07, 6.45) is 1.72. The fraction of sp³-hybridized carbons (Fsp3) is 0.667. The molecular weight excluding hydrogens is 204 g/mol. The van der Waals surface area contributed by atoms with Gasteiger partial charge in [-0.05, 0) is 25.1 Å². The van der Waals surface area contributed by atoms with Crippen LogP contribution in [-0.2, 0) is 9.16 Å². The van der Waals surface area contributed by atoms with Crippen molar-refractivity contribution in [3.63, 3.8) is 0 Å². The van der Waals surface area contributed by atoms with E-state index in [0.717, 1.165) is 11.3 Å². The molecule has 0 saturated heterocycles. The van der Waals surface area contributed by atoms with E-state index in [-0.39, 0.29) is 5.41 Å². The van der Waals surface area contributed by atoms with Crippen molar-refractivity contribution in [2.45, 2.75) is 40.4 Å². The number of methoxy groups -OCH3 is 1. The molecule has 88 valence electrons. The van der Waals surface area contributed by atoms with E-state index in [4.69, 9.17) is 9.16 Å². The van der Waals surface area contributed by atoms with E-state index < -0.39 is 8.32 Å². The molecule has 3 heteroatoms. The molecule has 0 saturated carbocycles. The highest BCUT2D eigenvalue weighted by Gasteiger charge is 2.25. The molecule has 0 N–H and O–H groups in total. The average molecular weight is 228 g/mol. The largest absolute Gasteiger partial charge is 0.544 e. The molecule has 0 fully saturated rings. The van der Waals surface area contributed by atoms with Gasteiger partial charge in [-0.2, -0.15) is 0 Å². The summed E-state index contributed by atoms with van der Waals surface area (Å²) in [4.78, 5) is 0. The molecule has 0 aliphatic rings. The van der Waals surface area contributed by atoms with E-state index in [1.54, 1.807) is 13.4 Å². The summed E-state index contributed by atoms with van der Waals surface area (Å²) in [5, 5.41) is 0. The summed E-state index contributed by atoms with van der Waals surface area (Å²) in [5.74, 6) is 0.739. The summed E-state index contributed by atoms with van der Waals surface area (Å²) in [7, 11) is 0.0596. The standard InChI is InChI=1S/C12H24O2Si/c1-10(14-15(6,7)8)11(9-13-5)12(2,3)4/h9H,1H2,2-8H3. The molecule has 0 bridgehead atoms. The minimum Gasteiger partial charge on any atom is -0.544 e. The van der Waals surface area contributed by atoms with Crippen LogP contribution in [0.1, 0.15) is 20.8 Å². The third kappa shape index (κ3) is 5.67. The van der Waals surface area contributed by atoms with Gasteiger partial charge >= 0.3 is 0 Å². The fourth-order valence-corrected chi connectivity index (χ4v) is 2.05. The SMILES string of the molecule is C=C(O[Si](C)(C)C)C(=COC)C(C)(C)C. The summed E-state index contributed by atoms with van der Waals surface area (Å²) < 4.78 is 11.0. The molecule has 0 aromatic rings. The lowest BCUT2D eigenvalue weighted by Gasteiger charge is -2.28. The van der Waals surface area contributed by atoms with Crippen molar-refractivity contribution >= 4 is 8.32 Å². The Bertz CT molecular complexity index is 254. The molecule has 0 aliphatic heterocycles. The molecule has 0 aromatic heterocycles. The smallest absolute Gasteiger partial charge is 0.242 e. The van der Waals surface area contributed by atoms with Crippen LogP contribution in [0.2, 0.25) is 19.6 Å². The van der Waals surface area contributed by atoms with Crippen molar-refractivity contribution in [3.05, 3.63) is 24.2 Å². The van der Waals surface area contributed by atoms with Gasteiger partial charge in [0.1, 0.15) is 5.76 Å². The molecular formula is C12H24O2Si. The summed E-state index contributed by atoms with van der Waals surface area (Å²) in [6.45, 7) is 16.8. The van der Waals surface area contributed by atoms with E-state index in [1.807, 2.05) is 0 Å². The van der Waals surface area contributed by atoms with Gasteiger partial charge in [-0.25, -0.2) is 0 Å². The van der Waals surface area contributed by atoms with Crippen molar-refractivity contribution in [2.24, 2.45) is 5.41 Å². The zero-order valence-corrected chi connectivity index (χ0v) is 12.1. The minimum atomic E-state index is -1.59. The van der Waals surface area contributed by atoms with Gasteiger partial charge in [-0.15, -0.1) is 0 Å². The number of ether oxygens (including phenoxy) is 1. The molecule has 0 radical (unpaired) electrons. The Morgan fingerprint density at radius 2 is 1.67 bits per heavy atom. The van der Waals surface area contributed by atoms with Gasteiger partial charge in [0.25, 0.3) is 0 Å². The van der Waals surface area contributed by atoms with E-state index in [0.29, 0.717) is 0 Å². The van der Waals surface area contributed by atoms with E-state index in [9.17, 15) is 0 Å². The van der Waals surface area contributed by atoms with Gasteiger partial charge in [0.15, 0.2) is 0 Å². The van der Waals surface area contributed by atoms with Crippen LogP contribution in [0.5, 0.6) is 0 Å². The van der Waals surface area contributed by atoms with Gasteiger partial charge in [-0.1, -0.05) is 27.4 Å². The first-order valence-corrected chi connectivity index (χ1v) is 8.60. The topological polar surface area (TPSA) is 18.5 Å². The third-order valence-corrected chi connectivity index (χ3v) is 2.63. The quantitative estimate of drug-likeness (QED) is 0.412. The molecule has 0 aliphatic carbocycles. The predicted molar refractivity (Wildman–Crippen MR) is 68.1 cm³/mol. The monoisotopic (exact) mass is 228 g/mol. The molecule has 0 spiro atoms. The highest BCUT2D eigenvalue weighted by atomic mass is 28.4. The molecule has 0 atom stereocenters. The van der Waals surface area contributed by atoms with Crippen molar-refractivity contribution in [3.8, 4) is 0 Å². The van der Waals surface area contributed by atoms with Gasteiger partial charge in [-0.3, -0.25) is 0 Å². The fourth-order valence-electron chi connectivity index (χ4n) is 1.20. The van der Waals surface area contributed by atoms with Crippen LogP contribution in [0.3, 0.4) is 0 Å². The molecule has 15 heavy (non-hydrogen) atoms. The second-order valence-electron chi connectivity index (χ2n) is 5.65. The van der Waals surface area contributed by atoms with Crippen molar-refractivity contribution in [1.82, 2.24) is 0 Å². The van der Waals surface area contributed by atoms with Gasteiger partial charge in [0, 0.05) is 5.57 Å². The van der Waals surface area contributed by atoms with Gasteiger partial charge < -0.3 is 9.16 Å². The Morgan fingerprint density at radius 3 is 1.93 bits per heavy atom. The Labute approximate surface area is 95.1 Å². The summed E-state index contributed by atoms with van der Waals surface area (Å²) in [6, 6.07) is 0. The maximum Gasteiger partial charge on any atom is 0.242 e. The van der Waals surface area contributed by atoms with Gasteiger partial charge in [0.2, 0.25) is 8.32 Å². The number of allylic oxidation sites excluding steroid dienone is 1.